The Hall–Kier alpha value is -3.38. The Kier molecular flexibility index (Phi) is 5.53. The Morgan fingerprint density at radius 3 is 2.56 bits per heavy atom. The maximum absolute atomic E-state index is 13.5. The smallest absolute Gasteiger partial charge is 0.270 e. The average Bonchev–Trinajstić information content (AvgIpc) is 3.42. The Morgan fingerprint density at radius 2 is 1.78 bits per heavy atom. The van der Waals surface area contributed by atoms with E-state index in [4.69, 9.17) is 20.8 Å². The minimum Gasteiger partial charge on any atom is -0.495 e. The first kappa shape index (κ1) is 20.5. The van der Waals surface area contributed by atoms with Crippen molar-refractivity contribution >= 4 is 34.3 Å². The monoisotopic (exact) mass is 449 g/mol. The van der Waals surface area contributed by atoms with Crippen LogP contribution in [0.4, 0.5) is 5.69 Å². The number of amides is 1. The van der Waals surface area contributed by atoms with Gasteiger partial charge in [0.2, 0.25) is 0 Å². The lowest BCUT2D eigenvalue weighted by atomic mass is 10.2. The maximum Gasteiger partial charge on any atom is 0.270 e. The van der Waals surface area contributed by atoms with Gasteiger partial charge < -0.3 is 23.5 Å². The molecule has 3 heterocycles. The number of nitrogens with zero attached hydrogens (tertiary/aromatic N) is 3. The molecule has 0 aliphatic carbocycles. The molecule has 6 nitrogen and oxygen atoms in total. The Balaban J connectivity index is 1.38. The first-order valence-corrected chi connectivity index (χ1v) is 11.0. The summed E-state index contributed by atoms with van der Waals surface area (Å²) in [5, 5.41) is 0.682. The number of ether oxygens (including phenoxy) is 1. The molecule has 0 atom stereocenters. The van der Waals surface area contributed by atoms with Crippen molar-refractivity contribution in [1.29, 1.82) is 0 Å². The molecule has 0 radical (unpaired) electrons. The molecule has 0 saturated carbocycles. The second-order valence-electron chi connectivity index (χ2n) is 7.83. The van der Waals surface area contributed by atoms with Crippen molar-refractivity contribution in [2.24, 2.45) is 0 Å². The molecule has 0 bridgehead atoms. The van der Waals surface area contributed by atoms with Crippen LogP contribution >= 0.6 is 11.6 Å². The second kappa shape index (κ2) is 8.63. The van der Waals surface area contributed by atoms with Crippen LogP contribution in [0.2, 0.25) is 5.02 Å². The highest BCUT2D eigenvalue weighted by Gasteiger charge is 2.27. The van der Waals surface area contributed by atoms with E-state index in [1.807, 2.05) is 64.1 Å². The van der Waals surface area contributed by atoms with Gasteiger partial charge in [0.15, 0.2) is 5.58 Å². The summed E-state index contributed by atoms with van der Waals surface area (Å²) in [5.74, 6) is 0.851. The molecule has 2 aromatic carbocycles. The highest BCUT2D eigenvalue weighted by Crippen LogP contribution is 2.29. The number of para-hydroxylation sites is 2. The lowest BCUT2D eigenvalue weighted by Gasteiger charge is -2.36. The van der Waals surface area contributed by atoms with Gasteiger partial charge >= 0.3 is 0 Å². The molecule has 1 amide bonds. The molecule has 7 heteroatoms. The lowest BCUT2D eigenvalue weighted by molar-refractivity contribution is 0.0736. The fraction of sp³-hybridized carbons (Fsp3) is 0.240. The molecule has 164 valence electrons. The number of halogens is 1. The number of hydrogen-bond acceptors (Lipinski definition) is 4. The SMILES string of the molecule is COc1ccccc1N1CCN(C(=O)c2cc3occc3n2Cc2ccccc2Cl)CC1. The Bertz CT molecular complexity index is 1250. The number of rotatable bonds is 5. The zero-order valence-electron chi connectivity index (χ0n) is 17.8. The molecule has 1 aliphatic rings. The number of aromatic nitrogens is 1. The van der Waals surface area contributed by atoms with Crippen LogP contribution in [0.5, 0.6) is 5.75 Å². The van der Waals surface area contributed by atoms with Gasteiger partial charge in [0.25, 0.3) is 5.91 Å². The van der Waals surface area contributed by atoms with Crippen molar-refractivity contribution in [3.8, 4) is 5.75 Å². The van der Waals surface area contributed by atoms with Crippen molar-refractivity contribution < 1.29 is 13.9 Å². The van der Waals surface area contributed by atoms with E-state index in [2.05, 4.69) is 11.0 Å². The maximum atomic E-state index is 13.5. The van der Waals surface area contributed by atoms with Gasteiger partial charge in [-0.1, -0.05) is 41.9 Å². The summed E-state index contributed by atoms with van der Waals surface area (Å²) >= 11 is 6.40. The number of furan rings is 1. The molecule has 0 unspecified atom stereocenters. The van der Waals surface area contributed by atoms with Crippen LogP contribution in [-0.2, 0) is 6.54 Å². The van der Waals surface area contributed by atoms with Gasteiger partial charge in [0.05, 0.1) is 24.6 Å². The summed E-state index contributed by atoms with van der Waals surface area (Å²) in [5.41, 5.74) is 4.23. The van der Waals surface area contributed by atoms with Gasteiger partial charge in [-0.15, -0.1) is 0 Å². The van der Waals surface area contributed by atoms with Crippen LogP contribution in [0.25, 0.3) is 11.1 Å². The predicted molar refractivity (Wildman–Crippen MR) is 126 cm³/mol. The molecule has 1 fully saturated rings. The van der Waals surface area contributed by atoms with Crippen molar-refractivity contribution in [1.82, 2.24) is 9.47 Å². The molecule has 0 N–H and O–H groups in total. The number of fused-ring (bicyclic) bond motifs is 1. The minimum absolute atomic E-state index is 0.00290. The number of anilines is 1. The van der Waals surface area contributed by atoms with Gasteiger partial charge in [-0.3, -0.25) is 4.79 Å². The van der Waals surface area contributed by atoms with E-state index in [9.17, 15) is 4.79 Å². The van der Waals surface area contributed by atoms with Crippen molar-refractivity contribution in [2.45, 2.75) is 6.54 Å². The minimum atomic E-state index is 0.00290. The molecule has 2 aromatic heterocycles. The zero-order valence-corrected chi connectivity index (χ0v) is 18.6. The van der Waals surface area contributed by atoms with E-state index in [0.29, 0.717) is 35.9 Å². The van der Waals surface area contributed by atoms with Gasteiger partial charge in [-0.05, 0) is 23.8 Å². The predicted octanol–water partition coefficient (Wildman–Crippen LogP) is 4.91. The molecular formula is C25H24ClN3O3. The van der Waals surface area contributed by atoms with E-state index in [0.717, 1.165) is 35.6 Å². The number of piperazine rings is 1. The van der Waals surface area contributed by atoms with Crippen LogP contribution in [-0.4, -0.2) is 48.7 Å². The highest BCUT2D eigenvalue weighted by molar-refractivity contribution is 6.31. The first-order valence-electron chi connectivity index (χ1n) is 10.6. The topological polar surface area (TPSA) is 50.9 Å². The van der Waals surface area contributed by atoms with E-state index in [-0.39, 0.29) is 5.91 Å². The zero-order chi connectivity index (χ0) is 22.1. The van der Waals surface area contributed by atoms with E-state index in [1.165, 1.54) is 0 Å². The standard InChI is InChI=1S/C25H24ClN3O3/c1-31-23-9-5-4-8-20(23)27-11-13-28(14-12-27)25(30)22-16-24-21(10-15-32-24)29(22)17-18-6-2-3-7-19(18)26/h2-10,15-16H,11-14,17H2,1H3. The molecule has 32 heavy (non-hydrogen) atoms. The quantitative estimate of drug-likeness (QED) is 0.434. The van der Waals surface area contributed by atoms with Crippen LogP contribution in [0.3, 0.4) is 0 Å². The summed E-state index contributed by atoms with van der Waals surface area (Å²) < 4.78 is 13.1. The third-order valence-corrected chi connectivity index (χ3v) is 6.39. The summed E-state index contributed by atoms with van der Waals surface area (Å²) in [4.78, 5) is 17.7. The van der Waals surface area contributed by atoms with Crippen LogP contribution < -0.4 is 9.64 Å². The van der Waals surface area contributed by atoms with E-state index >= 15 is 0 Å². The molecule has 4 aromatic rings. The number of methoxy groups -OCH3 is 1. The third kappa shape index (κ3) is 3.71. The van der Waals surface area contributed by atoms with E-state index < -0.39 is 0 Å². The van der Waals surface area contributed by atoms with Gasteiger partial charge in [-0.25, -0.2) is 0 Å². The highest BCUT2D eigenvalue weighted by atomic mass is 35.5. The Morgan fingerprint density at radius 1 is 1.03 bits per heavy atom. The van der Waals surface area contributed by atoms with Gasteiger partial charge in [0.1, 0.15) is 11.4 Å². The summed E-state index contributed by atoms with van der Waals surface area (Å²) in [6.45, 7) is 3.26. The number of carbonyl (C=O) groups is 1. The molecule has 1 saturated heterocycles. The van der Waals surface area contributed by atoms with Crippen molar-refractivity contribution in [3.63, 3.8) is 0 Å². The number of hydrogen-bond donors (Lipinski definition) is 0. The Labute approximate surface area is 191 Å². The van der Waals surface area contributed by atoms with Crippen molar-refractivity contribution in [3.05, 3.63) is 83.2 Å². The number of carbonyl (C=O) groups excluding carboxylic acids is 1. The molecule has 5 rings (SSSR count). The first-order chi connectivity index (χ1) is 15.7. The van der Waals surface area contributed by atoms with E-state index in [1.54, 1.807) is 13.4 Å². The lowest BCUT2D eigenvalue weighted by Crippen LogP contribution is -2.49. The van der Waals surface area contributed by atoms with Crippen LogP contribution in [0, 0.1) is 0 Å². The van der Waals surface area contributed by atoms with Crippen LogP contribution in [0.15, 0.2) is 71.3 Å². The summed E-state index contributed by atoms with van der Waals surface area (Å²) in [6, 6.07) is 19.4. The van der Waals surface area contributed by atoms with Gasteiger partial charge in [-0.2, -0.15) is 0 Å². The molecular weight excluding hydrogens is 426 g/mol. The summed E-state index contributed by atoms with van der Waals surface area (Å²) in [7, 11) is 1.68. The fourth-order valence-corrected chi connectivity index (χ4v) is 4.52. The molecule has 0 spiro atoms. The normalized spacial score (nSPS) is 14.2. The summed E-state index contributed by atoms with van der Waals surface area (Å²) in [6.07, 6.45) is 1.65. The third-order valence-electron chi connectivity index (χ3n) is 6.02. The van der Waals surface area contributed by atoms with Crippen LogP contribution in [0.1, 0.15) is 16.1 Å². The fourth-order valence-electron chi connectivity index (χ4n) is 4.33. The average molecular weight is 450 g/mol. The van der Waals surface area contributed by atoms with Crippen molar-refractivity contribution in [2.75, 3.05) is 38.2 Å². The second-order valence-corrected chi connectivity index (χ2v) is 8.24. The number of benzene rings is 2. The molecule has 1 aliphatic heterocycles. The largest absolute Gasteiger partial charge is 0.495 e. The van der Waals surface area contributed by atoms with Gasteiger partial charge in [0, 0.05) is 49.9 Å².